The first-order chi connectivity index (χ1) is 35.1. The van der Waals surface area contributed by atoms with Gasteiger partial charge in [-0.2, -0.15) is 94.1 Å². The lowest BCUT2D eigenvalue weighted by atomic mass is 10.3. The number of carbonyl (C=O) groups excluding carboxylic acids is 4. The summed E-state index contributed by atoms with van der Waals surface area (Å²) in [5.74, 6) is 9.54. The van der Waals surface area contributed by atoms with Crippen LogP contribution in [0.4, 0.5) is 0 Å². The molecule has 0 aliphatic heterocycles. The lowest BCUT2D eigenvalue weighted by molar-refractivity contribution is -0.146. The molecule has 17 nitrogen and oxygen atoms in total. The van der Waals surface area contributed by atoms with Crippen LogP contribution in [0.15, 0.2) is 0 Å². The quantitative estimate of drug-likeness (QED) is 0.0261. The molecule has 0 bridgehead atoms. The van der Waals surface area contributed by atoms with Crippen LogP contribution < -0.4 is 40.1 Å². The van der Waals surface area contributed by atoms with E-state index in [2.05, 4.69) is 16.7 Å². The Balaban J connectivity index is 5.96. The molecule has 0 saturated heterocycles. The van der Waals surface area contributed by atoms with E-state index in [4.69, 9.17) is 59.1 Å². The van der Waals surface area contributed by atoms with Crippen molar-refractivity contribution in [3.05, 3.63) is 0 Å². The predicted molar refractivity (Wildman–Crippen MR) is 322 cm³/mol. The van der Waals surface area contributed by atoms with Crippen molar-refractivity contribution >= 4 is 118 Å². The van der Waals surface area contributed by atoms with E-state index in [-0.39, 0.29) is 49.6 Å². The molecule has 0 aromatic carbocycles. The van der Waals surface area contributed by atoms with Gasteiger partial charge in [-0.1, -0.05) is 6.92 Å². The molecule has 72 heavy (non-hydrogen) atoms. The number of thioether (sulfide) groups is 8. The van der Waals surface area contributed by atoms with Crippen LogP contribution in [0.5, 0.6) is 0 Å². The maximum absolute atomic E-state index is 13.2. The molecule has 0 aromatic heterocycles. The van der Waals surface area contributed by atoms with Crippen LogP contribution in [0.25, 0.3) is 0 Å². The Morgan fingerprint density at radius 1 is 0.361 bits per heavy atom. The molecule has 0 aliphatic rings. The molecule has 0 fully saturated rings. The maximum Gasteiger partial charge on any atom is 0.307 e. The van der Waals surface area contributed by atoms with Crippen molar-refractivity contribution < 1.29 is 38.1 Å². The van der Waals surface area contributed by atoms with E-state index in [1.54, 1.807) is 70.6 Å². The number of ether oxygens (including phenoxy) is 4. The highest BCUT2D eigenvalue weighted by Gasteiger charge is 2.20. The molecule has 0 saturated carbocycles. The minimum atomic E-state index is -0.315. The van der Waals surface area contributed by atoms with Gasteiger partial charge in [-0.15, -0.1) is 0 Å². The summed E-state index contributed by atoms with van der Waals surface area (Å²) >= 11 is 14.5. The molecular formula is C47H97N9O8S8. The van der Waals surface area contributed by atoms with Gasteiger partial charge in [0.05, 0.1) is 52.1 Å². The second kappa shape index (κ2) is 54.7. The van der Waals surface area contributed by atoms with Gasteiger partial charge in [-0.3, -0.25) is 19.2 Å². The molecular weight excluding hydrogens is 1080 g/mol. The molecule has 426 valence electrons. The van der Waals surface area contributed by atoms with E-state index in [0.717, 1.165) is 88.3 Å². The number of hydrogen-bond acceptors (Lipinski definition) is 25. The molecule has 0 spiro atoms. The molecule has 4 atom stereocenters. The Morgan fingerprint density at radius 3 is 0.819 bits per heavy atom. The van der Waals surface area contributed by atoms with Crippen LogP contribution in [0.1, 0.15) is 64.7 Å². The van der Waals surface area contributed by atoms with Crippen molar-refractivity contribution in [3.8, 4) is 0 Å². The average Bonchev–Trinajstić information content (AvgIpc) is 3.37. The molecule has 14 N–H and O–H groups in total. The number of nitrogens with two attached hydrogens (primary N) is 7. The van der Waals surface area contributed by atoms with Crippen molar-refractivity contribution in [1.29, 1.82) is 0 Å². The van der Waals surface area contributed by atoms with Gasteiger partial charge >= 0.3 is 23.9 Å². The van der Waals surface area contributed by atoms with Crippen molar-refractivity contribution in [2.45, 2.75) is 85.7 Å². The van der Waals surface area contributed by atoms with Gasteiger partial charge in [-0.25, -0.2) is 0 Å². The molecule has 0 aromatic rings. The van der Waals surface area contributed by atoms with E-state index in [9.17, 15) is 19.2 Å². The van der Waals surface area contributed by atoms with E-state index in [1.807, 2.05) is 23.5 Å². The number of carbonyl (C=O) groups is 4. The Bertz CT molecular complexity index is 1110. The summed E-state index contributed by atoms with van der Waals surface area (Å²) in [6.45, 7) is 9.96. The van der Waals surface area contributed by atoms with E-state index in [0.29, 0.717) is 145 Å². The van der Waals surface area contributed by atoms with Crippen LogP contribution in [-0.2, 0) is 38.1 Å². The monoisotopic (exact) mass is 1170 g/mol. The molecule has 0 rings (SSSR count). The highest BCUT2D eigenvalue weighted by molar-refractivity contribution is 8.04. The molecule has 0 radical (unpaired) electrons. The van der Waals surface area contributed by atoms with Gasteiger partial charge in [0.1, 0.15) is 0 Å². The van der Waals surface area contributed by atoms with Crippen LogP contribution in [0.3, 0.4) is 0 Å². The summed E-state index contributed by atoms with van der Waals surface area (Å²) in [5, 5.41) is 1.26. The summed E-state index contributed by atoms with van der Waals surface area (Å²) in [5.41, 5.74) is 40.2. The minimum Gasteiger partial charge on any atom is -0.466 e. The predicted octanol–water partition coefficient (Wildman–Crippen LogP) is 3.34. The zero-order chi connectivity index (χ0) is 53.1. The SMILES string of the molecule is CCCSCC(CCOC(=O)CCN(CCC(=O)OCCC(CSCCN)SCCN)CCN(CCC(=O)OCCC(CSCCN)SCCN)CCC(=O)OCCC(CSCCN)SCCN)SCCN. The highest BCUT2D eigenvalue weighted by Crippen LogP contribution is 2.23. The van der Waals surface area contributed by atoms with Crippen molar-refractivity contribution in [1.82, 2.24) is 9.80 Å². The van der Waals surface area contributed by atoms with Gasteiger partial charge in [0, 0.05) is 169 Å². The summed E-state index contributed by atoms with van der Waals surface area (Å²) in [6, 6.07) is 0. The molecule has 0 aliphatic carbocycles. The minimum absolute atomic E-state index is 0.132. The third-order valence-electron chi connectivity index (χ3n) is 10.3. The van der Waals surface area contributed by atoms with Crippen molar-refractivity contribution in [3.63, 3.8) is 0 Å². The van der Waals surface area contributed by atoms with E-state index >= 15 is 0 Å². The van der Waals surface area contributed by atoms with Gasteiger partial charge < -0.3 is 68.9 Å². The Kier molecular flexibility index (Phi) is 54.9. The van der Waals surface area contributed by atoms with Gasteiger partial charge in [0.15, 0.2) is 0 Å². The van der Waals surface area contributed by atoms with E-state index < -0.39 is 0 Å². The van der Waals surface area contributed by atoms with Crippen LogP contribution in [-0.4, -0.2) is 235 Å². The third kappa shape index (κ3) is 46.4. The van der Waals surface area contributed by atoms with Crippen LogP contribution in [0, 0.1) is 0 Å². The van der Waals surface area contributed by atoms with Crippen molar-refractivity contribution in [2.24, 2.45) is 40.1 Å². The normalized spacial score (nSPS) is 13.3. The average molecular weight is 1170 g/mol. The Morgan fingerprint density at radius 2 is 0.597 bits per heavy atom. The third-order valence-corrected chi connectivity index (χ3v) is 21.4. The Labute approximate surface area is 469 Å². The molecule has 25 heteroatoms. The topological polar surface area (TPSA) is 294 Å². The maximum atomic E-state index is 13.2. The number of hydrogen-bond donors (Lipinski definition) is 7. The number of nitrogens with zero attached hydrogens (tertiary/aromatic N) is 2. The standard InChI is InChI=1S/C47H97N9O8S8/c1-2-28-65-36-40(69-32-14-51)7-24-61-44(57)3-18-55(19-4-45(58)62-25-8-41(70-33-15-52)37-66-29-11-48)22-23-56(20-5-46(59)63-26-9-42(71-34-16-53)38-67-30-12-49)21-6-47(60)64-27-10-43(72-35-17-54)39-68-31-13-50/h40-43H,2-39,48-54H2,1H3. The van der Waals surface area contributed by atoms with Gasteiger partial charge in [-0.05, 0) is 37.9 Å². The fraction of sp³-hybridized carbons (Fsp3) is 0.915. The van der Waals surface area contributed by atoms with E-state index in [1.165, 1.54) is 0 Å². The fourth-order valence-electron chi connectivity index (χ4n) is 6.51. The number of rotatable bonds is 55. The van der Waals surface area contributed by atoms with Crippen LogP contribution >= 0.6 is 94.1 Å². The lowest BCUT2D eigenvalue weighted by Gasteiger charge is -2.27. The van der Waals surface area contributed by atoms with Crippen molar-refractivity contribution in [2.75, 3.05) is 181 Å². The van der Waals surface area contributed by atoms with Gasteiger partial charge in [0.2, 0.25) is 0 Å². The smallest absolute Gasteiger partial charge is 0.307 e. The van der Waals surface area contributed by atoms with Crippen LogP contribution in [0.2, 0.25) is 0 Å². The first kappa shape index (κ1) is 72.3. The number of esters is 4. The fourth-order valence-corrected chi connectivity index (χ4v) is 15.3. The second-order valence-electron chi connectivity index (χ2n) is 16.5. The summed E-state index contributed by atoms with van der Waals surface area (Å²) in [4.78, 5) is 56.8. The molecule has 0 amide bonds. The first-order valence-corrected chi connectivity index (χ1v) is 34.7. The Hall–Kier alpha value is 0.320. The van der Waals surface area contributed by atoms with Gasteiger partial charge in [0.25, 0.3) is 0 Å². The zero-order valence-corrected chi connectivity index (χ0v) is 50.2. The largest absolute Gasteiger partial charge is 0.466 e. The summed E-state index contributed by atoms with van der Waals surface area (Å²) in [7, 11) is 0. The summed E-state index contributed by atoms with van der Waals surface area (Å²) < 4.78 is 22.9. The molecule has 4 unspecified atom stereocenters. The highest BCUT2D eigenvalue weighted by atomic mass is 32.2. The second-order valence-corrected chi connectivity index (χ2v) is 26.7. The summed E-state index contributed by atoms with van der Waals surface area (Å²) in [6.07, 6.45) is 4.56. The molecule has 0 heterocycles. The lowest BCUT2D eigenvalue weighted by Crippen LogP contribution is -2.39. The first-order valence-electron chi connectivity index (χ1n) is 25.8. The zero-order valence-electron chi connectivity index (χ0n) is 43.6.